The number of benzene rings is 1. The van der Waals surface area contributed by atoms with Gasteiger partial charge in [0.2, 0.25) is 5.91 Å². The first kappa shape index (κ1) is 22.1. The fourth-order valence-corrected chi connectivity index (χ4v) is 4.87. The number of carbonyl (C=O) groups is 1. The molecule has 32 heavy (non-hydrogen) atoms. The van der Waals surface area contributed by atoms with E-state index in [9.17, 15) is 10.1 Å². The highest BCUT2D eigenvalue weighted by Gasteiger charge is 2.34. The molecule has 3 heterocycles. The van der Waals surface area contributed by atoms with Crippen LogP contribution < -0.4 is 0 Å². The Morgan fingerprint density at radius 1 is 1.22 bits per heavy atom. The zero-order valence-corrected chi connectivity index (χ0v) is 19.7. The van der Waals surface area contributed by atoms with Crippen LogP contribution in [0.4, 0.5) is 0 Å². The number of hydrogen-bond donors (Lipinski definition) is 1. The molecule has 1 fully saturated rings. The van der Waals surface area contributed by atoms with E-state index in [1.54, 1.807) is 13.8 Å². The summed E-state index contributed by atoms with van der Waals surface area (Å²) < 4.78 is 0. The van der Waals surface area contributed by atoms with Crippen LogP contribution >= 0.6 is 0 Å². The van der Waals surface area contributed by atoms with E-state index in [0.717, 1.165) is 24.1 Å². The number of aryl methyl sites for hydroxylation is 1. The number of aromatic nitrogens is 2. The van der Waals surface area contributed by atoms with Gasteiger partial charge in [-0.2, -0.15) is 5.26 Å². The van der Waals surface area contributed by atoms with E-state index >= 15 is 0 Å². The molecule has 1 saturated heterocycles. The van der Waals surface area contributed by atoms with Crippen LogP contribution in [0.5, 0.6) is 0 Å². The number of nitriles is 1. The van der Waals surface area contributed by atoms with Gasteiger partial charge < -0.3 is 9.88 Å². The number of piperidine rings is 1. The average molecular weight is 429 g/mol. The fourth-order valence-electron chi connectivity index (χ4n) is 4.87. The summed E-state index contributed by atoms with van der Waals surface area (Å²) in [5.74, 6) is 0.754. The lowest BCUT2D eigenvalue weighted by molar-refractivity contribution is -0.138. The molecule has 166 valence electrons. The maximum absolute atomic E-state index is 12.6. The van der Waals surface area contributed by atoms with Crippen molar-refractivity contribution in [1.82, 2.24) is 14.9 Å². The molecule has 1 amide bonds. The zero-order chi connectivity index (χ0) is 23.0. The van der Waals surface area contributed by atoms with E-state index in [0.29, 0.717) is 24.9 Å². The van der Waals surface area contributed by atoms with Gasteiger partial charge in [0.1, 0.15) is 5.41 Å². The predicted molar refractivity (Wildman–Crippen MR) is 128 cm³/mol. The third-order valence-corrected chi connectivity index (χ3v) is 6.69. The minimum atomic E-state index is -0.954. The Labute approximate surface area is 190 Å². The van der Waals surface area contributed by atoms with Crippen molar-refractivity contribution in [2.45, 2.75) is 59.3 Å². The van der Waals surface area contributed by atoms with E-state index in [2.05, 4.69) is 60.2 Å². The highest BCUT2D eigenvalue weighted by atomic mass is 16.2. The molecule has 1 aromatic carbocycles. The summed E-state index contributed by atoms with van der Waals surface area (Å²) in [7, 11) is 0. The van der Waals surface area contributed by atoms with Crippen LogP contribution in [0.3, 0.4) is 0 Å². The monoisotopic (exact) mass is 428 g/mol. The molecule has 4 rings (SSSR count). The number of pyridine rings is 1. The van der Waals surface area contributed by atoms with Crippen molar-refractivity contribution in [1.29, 1.82) is 5.26 Å². The van der Waals surface area contributed by atoms with Gasteiger partial charge in [0.25, 0.3) is 0 Å². The first-order valence-electron chi connectivity index (χ1n) is 11.5. The van der Waals surface area contributed by atoms with E-state index in [-0.39, 0.29) is 5.91 Å². The van der Waals surface area contributed by atoms with Gasteiger partial charge in [0.05, 0.1) is 11.8 Å². The number of aromatic amines is 1. The molecule has 0 radical (unpaired) electrons. The second kappa shape index (κ2) is 8.43. The number of hydrogen-bond acceptors (Lipinski definition) is 3. The lowest BCUT2D eigenvalue weighted by Gasteiger charge is -2.35. The van der Waals surface area contributed by atoms with Crippen molar-refractivity contribution < 1.29 is 4.79 Å². The van der Waals surface area contributed by atoms with Crippen molar-refractivity contribution in [2.24, 2.45) is 5.41 Å². The fraction of sp³-hybridized carbons (Fsp3) is 0.444. The molecule has 1 aliphatic heterocycles. The Hall–Kier alpha value is -3.13. The standard InChI is InChI=1S/C27H32N4O/c1-17(2)24-22-15-20(19-9-12-31(13-10-19)26(32)27(4,5)16-28)6-7-23(22)30-25(24)21-8-11-29-18(3)14-21/h6-8,11,14-15,17,19,30H,9-10,12-13H2,1-5H3. The molecular formula is C27H32N4O. The maximum Gasteiger partial charge on any atom is 0.242 e. The second-order valence-electron chi connectivity index (χ2n) is 9.86. The van der Waals surface area contributed by atoms with Gasteiger partial charge in [-0.1, -0.05) is 19.9 Å². The molecular weight excluding hydrogens is 396 g/mol. The van der Waals surface area contributed by atoms with Crippen LogP contribution in [-0.2, 0) is 4.79 Å². The van der Waals surface area contributed by atoms with Crippen LogP contribution in [0.2, 0.25) is 0 Å². The number of likely N-dealkylation sites (tertiary alicyclic amines) is 1. The topological polar surface area (TPSA) is 72.8 Å². The number of H-pyrrole nitrogens is 1. The molecule has 1 aliphatic rings. The highest BCUT2D eigenvalue weighted by molar-refractivity contribution is 5.92. The summed E-state index contributed by atoms with van der Waals surface area (Å²) >= 11 is 0. The van der Waals surface area contributed by atoms with E-state index in [1.807, 2.05) is 18.0 Å². The van der Waals surface area contributed by atoms with Crippen LogP contribution in [0, 0.1) is 23.7 Å². The van der Waals surface area contributed by atoms with Crippen molar-refractivity contribution in [3.63, 3.8) is 0 Å². The molecule has 0 atom stereocenters. The number of carbonyl (C=O) groups excluding carboxylic acids is 1. The molecule has 1 N–H and O–H groups in total. The predicted octanol–water partition coefficient (Wildman–Crippen LogP) is 5.92. The SMILES string of the molecule is Cc1cc(-c2[nH]c3ccc(C4CCN(C(=O)C(C)(C)C#N)CC4)cc3c2C(C)C)ccn1. The van der Waals surface area contributed by atoms with Gasteiger partial charge in [0.15, 0.2) is 0 Å². The van der Waals surface area contributed by atoms with E-state index in [4.69, 9.17) is 0 Å². The number of rotatable bonds is 4. The quantitative estimate of drug-likeness (QED) is 0.561. The second-order valence-corrected chi connectivity index (χ2v) is 9.86. The minimum Gasteiger partial charge on any atom is -0.354 e. The van der Waals surface area contributed by atoms with Gasteiger partial charge in [-0.15, -0.1) is 0 Å². The molecule has 5 nitrogen and oxygen atoms in total. The van der Waals surface area contributed by atoms with Crippen molar-refractivity contribution in [3.8, 4) is 17.3 Å². The summed E-state index contributed by atoms with van der Waals surface area (Å²) in [6.07, 6.45) is 3.72. The van der Waals surface area contributed by atoms with Crippen molar-refractivity contribution in [3.05, 3.63) is 53.3 Å². The first-order valence-corrected chi connectivity index (χ1v) is 11.5. The van der Waals surface area contributed by atoms with Gasteiger partial charge in [0, 0.05) is 41.4 Å². The normalized spacial score (nSPS) is 15.3. The number of fused-ring (bicyclic) bond motifs is 1. The number of amides is 1. The molecule has 2 aromatic heterocycles. The summed E-state index contributed by atoms with van der Waals surface area (Å²) in [5, 5.41) is 10.6. The van der Waals surface area contributed by atoms with Gasteiger partial charge in [-0.3, -0.25) is 9.78 Å². The highest BCUT2D eigenvalue weighted by Crippen LogP contribution is 2.38. The number of nitrogens with one attached hydrogen (secondary N) is 1. The van der Waals surface area contributed by atoms with Crippen LogP contribution in [-0.4, -0.2) is 33.9 Å². The molecule has 0 bridgehead atoms. The smallest absolute Gasteiger partial charge is 0.242 e. The average Bonchev–Trinajstić information content (AvgIpc) is 3.18. The van der Waals surface area contributed by atoms with E-state index < -0.39 is 5.41 Å². The van der Waals surface area contributed by atoms with Crippen molar-refractivity contribution in [2.75, 3.05) is 13.1 Å². The summed E-state index contributed by atoms with van der Waals surface area (Å²) in [5.41, 5.74) is 6.24. The summed E-state index contributed by atoms with van der Waals surface area (Å²) in [6, 6.07) is 13.1. The molecule has 0 aliphatic carbocycles. The third-order valence-electron chi connectivity index (χ3n) is 6.69. The zero-order valence-electron chi connectivity index (χ0n) is 19.7. The van der Waals surface area contributed by atoms with Gasteiger partial charge in [-0.05, 0) is 80.8 Å². The van der Waals surface area contributed by atoms with E-state index in [1.165, 1.54) is 27.8 Å². The molecule has 3 aromatic rings. The lowest BCUT2D eigenvalue weighted by Crippen LogP contribution is -2.44. The molecule has 0 unspecified atom stereocenters. The maximum atomic E-state index is 12.6. The molecule has 5 heteroatoms. The Morgan fingerprint density at radius 2 is 1.94 bits per heavy atom. The third kappa shape index (κ3) is 4.02. The van der Waals surface area contributed by atoms with Crippen LogP contribution in [0.1, 0.15) is 69.2 Å². The van der Waals surface area contributed by atoms with Gasteiger partial charge in [-0.25, -0.2) is 0 Å². The van der Waals surface area contributed by atoms with Gasteiger partial charge >= 0.3 is 0 Å². The molecule has 0 spiro atoms. The Balaban J connectivity index is 1.63. The van der Waals surface area contributed by atoms with Crippen LogP contribution in [0.15, 0.2) is 36.5 Å². The summed E-state index contributed by atoms with van der Waals surface area (Å²) in [4.78, 5) is 22.5. The number of nitrogens with zero attached hydrogens (tertiary/aromatic N) is 3. The lowest BCUT2D eigenvalue weighted by atomic mass is 9.86. The van der Waals surface area contributed by atoms with Crippen molar-refractivity contribution >= 4 is 16.8 Å². The summed E-state index contributed by atoms with van der Waals surface area (Å²) in [6.45, 7) is 11.3. The minimum absolute atomic E-state index is 0.0566. The Morgan fingerprint density at radius 3 is 2.56 bits per heavy atom. The largest absolute Gasteiger partial charge is 0.354 e. The Bertz CT molecular complexity index is 1190. The van der Waals surface area contributed by atoms with Crippen LogP contribution in [0.25, 0.3) is 22.2 Å². The Kier molecular flexibility index (Phi) is 5.81. The first-order chi connectivity index (χ1) is 15.2. The molecule has 0 saturated carbocycles.